The molecule has 2 heterocycles. The molecular weight excluding hydrogens is 506 g/mol. The number of allylic oxidation sites excluding steroid dienone is 1. The molecule has 0 aliphatic rings. The highest BCUT2D eigenvalue weighted by Gasteiger charge is 2.21. The van der Waals surface area contributed by atoms with Gasteiger partial charge in [0, 0.05) is 20.3 Å². The van der Waals surface area contributed by atoms with Gasteiger partial charge in [-0.15, -0.1) is 11.3 Å². The highest BCUT2D eigenvalue weighted by molar-refractivity contribution is 7.18. The summed E-state index contributed by atoms with van der Waals surface area (Å²) in [6.45, 7) is 4.57. The maximum atomic E-state index is 13.1. The Balaban J connectivity index is 1.74. The van der Waals surface area contributed by atoms with E-state index in [-0.39, 0.29) is 31.0 Å². The molecule has 1 aromatic carbocycles. The smallest absolute Gasteiger partial charge is 0.405 e. The van der Waals surface area contributed by atoms with Gasteiger partial charge in [0.25, 0.3) is 5.56 Å². The number of fused-ring (bicyclic) bond motifs is 1. The fourth-order valence-corrected chi connectivity index (χ4v) is 4.94. The number of hydrogen-bond donors (Lipinski definition) is 3. The lowest BCUT2D eigenvalue weighted by atomic mass is 10.0. The largest absolute Gasteiger partial charge is 0.465 e. The fraction of sp³-hybridized carbons (Fsp3) is 0.370. The van der Waals surface area contributed by atoms with E-state index in [1.807, 2.05) is 12.1 Å². The number of likely N-dealkylation sites (N-methyl/N-ethyl adjacent to an activating group) is 1. The monoisotopic (exact) mass is 539 g/mol. The summed E-state index contributed by atoms with van der Waals surface area (Å²) in [5, 5.41) is 14.7. The number of amides is 3. The van der Waals surface area contributed by atoms with Crippen molar-refractivity contribution < 1.29 is 19.5 Å². The van der Waals surface area contributed by atoms with Gasteiger partial charge in [-0.25, -0.2) is 9.78 Å². The van der Waals surface area contributed by atoms with Crippen LogP contribution in [0.15, 0.2) is 53.5 Å². The van der Waals surface area contributed by atoms with Crippen LogP contribution in [-0.2, 0) is 22.6 Å². The first-order chi connectivity index (χ1) is 18.0. The van der Waals surface area contributed by atoms with E-state index in [0.29, 0.717) is 5.92 Å². The summed E-state index contributed by atoms with van der Waals surface area (Å²) in [5.41, 5.74) is 1.74. The highest BCUT2D eigenvalue weighted by atomic mass is 32.1. The number of benzene rings is 1. The summed E-state index contributed by atoms with van der Waals surface area (Å²) in [6, 6.07) is 8.06. The minimum Gasteiger partial charge on any atom is -0.465 e. The van der Waals surface area contributed by atoms with Gasteiger partial charge in [0.2, 0.25) is 11.8 Å². The molecule has 0 aliphatic carbocycles. The third-order valence-electron chi connectivity index (χ3n) is 5.69. The van der Waals surface area contributed by atoms with Crippen molar-refractivity contribution in [1.82, 2.24) is 19.8 Å². The Morgan fingerprint density at radius 3 is 2.63 bits per heavy atom. The molecule has 0 bridgehead atoms. The number of carboxylic acid groups (broad SMARTS) is 1. The molecule has 3 aromatic rings. The number of rotatable bonds is 11. The molecule has 0 spiro atoms. The maximum absolute atomic E-state index is 13.1. The van der Waals surface area contributed by atoms with Gasteiger partial charge in [-0.3, -0.25) is 14.4 Å². The van der Waals surface area contributed by atoms with E-state index in [4.69, 9.17) is 10.1 Å². The molecule has 38 heavy (non-hydrogen) atoms. The Morgan fingerprint density at radius 1 is 1.18 bits per heavy atom. The summed E-state index contributed by atoms with van der Waals surface area (Å²) in [7, 11) is 3.23. The predicted molar refractivity (Wildman–Crippen MR) is 149 cm³/mol. The van der Waals surface area contributed by atoms with Gasteiger partial charge in [0.1, 0.15) is 16.7 Å². The Kier molecular flexibility index (Phi) is 9.78. The number of nitrogens with one attached hydrogen (secondary N) is 2. The second-order valence-electron chi connectivity index (χ2n) is 9.53. The minimum atomic E-state index is -1.36. The number of thiazole rings is 1. The van der Waals surface area contributed by atoms with Crippen molar-refractivity contribution in [3.05, 3.63) is 69.6 Å². The Morgan fingerprint density at radius 2 is 1.95 bits per heavy atom. The zero-order valence-corrected chi connectivity index (χ0v) is 22.7. The van der Waals surface area contributed by atoms with E-state index in [1.165, 1.54) is 27.2 Å². The Hall–Kier alpha value is -3.99. The first-order valence-corrected chi connectivity index (χ1v) is 13.1. The third-order valence-corrected chi connectivity index (χ3v) is 6.82. The van der Waals surface area contributed by atoms with Crippen molar-refractivity contribution in [1.29, 1.82) is 0 Å². The summed E-state index contributed by atoms with van der Waals surface area (Å²) in [4.78, 5) is 55.0. The van der Waals surface area contributed by atoms with Gasteiger partial charge in [0.15, 0.2) is 0 Å². The molecule has 3 rings (SSSR count). The molecular formula is C27H33N5O5S. The van der Waals surface area contributed by atoms with Crippen LogP contribution in [0.1, 0.15) is 37.3 Å². The van der Waals surface area contributed by atoms with Crippen LogP contribution in [0.5, 0.6) is 0 Å². The predicted octanol–water partition coefficient (Wildman–Crippen LogP) is 3.70. The molecule has 2 aromatic heterocycles. The standard InChI is InChI=1S/C27H33N5O5S/c1-17(2)15-18-9-7-11-19-24(18)38-22(28-19)16-32-14-8-12-21(26(32)35)29-25(34)20(30-27(36)37)10-5-6-13-23(33)31(3)4/h6-9,11-14,17,20,30H,5,10,15-16H2,1-4H3,(H,29,34)(H,36,37)/b13-6+. The summed E-state index contributed by atoms with van der Waals surface area (Å²) < 4.78 is 2.57. The topological polar surface area (TPSA) is 134 Å². The normalized spacial score (nSPS) is 12.1. The van der Waals surface area contributed by atoms with Crippen LogP contribution < -0.4 is 16.2 Å². The lowest BCUT2D eigenvalue weighted by Crippen LogP contribution is -2.44. The van der Waals surface area contributed by atoms with Crippen LogP contribution in [0.3, 0.4) is 0 Å². The molecule has 0 aliphatic heterocycles. The fourth-order valence-electron chi connectivity index (χ4n) is 3.86. The first-order valence-electron chi connectivity index (χ1n) is 12.3. The Labute approximate surface area is 225 Å². The second-order valence-corrected chi connectivity index (χ2v) is 10.6. The second kappa shape index (κ2) is 13.0. The van der Waals surface area contributed by atoms with E-state index >= 15 is 0 Å². The molecule has 10 nitrogen and oxygen atoms in total. The lowest BCUT2D eigenvalue weighted by Gasteiger charge is -2.16. The number of carbonyl (C=O) groups is 3. The van der Waals surface area contributed by atoms with Gasteiger partial charge >= 0.3 is 6.09 Å². The number of carbonyl (C=O) groups excluding carboxylic acids is 2. The lowest BCUT2D eigenvalue weighted by molar-refractivity contribution is -0.123. The molecule has 0 radical (unpaired) electrons. The molecule has 3 amide bonds. The average Bonchev–Trinajstić information content (AvgIpc) is 3.26. The van der Waals surface area contributed by atoms with E-state index in [2.05, 4.69) is 30.5 Å². The van der Waals surface area contributed by atoms with Crippen LogP contribution in [0.25, 0.3) is 10.2 Å². The van der Waals surface area contributed by atoms with Crippen LogP contribution >= 0.6 is 11.3 Å². The number of aromatic nitrogens is 2. The molecule has 1 atom stereocenters. The van der Waals surface area contributed by atoms with Crippen molar-refractivity contribution >= 4 is 45.1 Å². The molecule has 0 saturated carbocycles. The molecule has 202 valence electrons. The quantitative estimate of drug-likeness (QED) is 0.318. The zero-order valence-electron chi connectivity index (χ0n) is 21.9. The van der Waals surface area contributed by atoms with Gasteiger partial charge in [-0.2, -0.15) is 0 Å². The Bertz CT molecular complexity index is 1390. The van der Waals surface area contributed by atoms with Gasteiger partial charge < -0.3 is 25.2 Å². The number of nitrogens with zero attached hydrogens (tertiary/aromatic N) is 3. The van der Waals surface area contributed by atoms with Crippen LogP contribution in [-0.4, -0.2) is 57.6 Å². The first kappa shape index (κ1) is 28.6. The van der Waals surface area contributed by atoms with E-state index in [9.17, 15) is 19.2 Å². The van der Waals surface area contributed by atoms with E-state index in [1.54, 1.807) is 43.8 Å². The van der Waals surface area contributed by atoms with Crippen LogP contribution in [0.4, 0.5) is 10.5 Å². The number of anilines is 1. The van der Waals surface area contributed by atoms with Crippen molar-refractivity contribution in [3.8, 4) is 0 Å². The van der Waals surface area contributed by atoms with Crippen molar-refractivity contribution in [2.75, 3.05) is 19.4 Å². The number of hydrogen-bond acceptors (Lipinski definition) is 6. The van der Waals surface area contributed by atoms with Crippen molar-refractivity contribution in [2.45, 2.75) is 45.7 Å². The average molecular weight is 540 g/mol. The SMILES string of the molecule is CC(C)Cc1cccc2nc(Cn3cccc(NC(=O)C(CC/C=C/C(=O)N(C)C)NC(=O)O)c3=O)sc12. The highest BCUT2D eigenvalue weighted by Crippen LogP contribution is 2.28. The molecule has 0 fully saturated rings. The van der Waals surface area contributed by atoms with Crippen molar-refractivity contribution in [2.24, 2.45) is 5.92 Å². The van der Waals surface area contributed by atoms with Crippen LogP contribution in [0.2, 0.25) is 0 Å². The molecule has 1 unspecified atom stereocenters. The van der Waals surface area contributed by atoms with Crippen molar-refractivity contribution in [3.63, 3.8) is 0 Å². The van der Waals surface area contributed by atoms with Gasteiger partial charge in [-0.05, 0) is 55.0 Å². The molecule has 3 N–H and O–H groups in total. The van der Waals surface area contributed by atoms with E-state index < -0.39 is 23.6 Å². The van der Waals surface area contributed by atoms with Gasteiger partial charge in [-0.1, -0.05) is 32.1 Å². The third kappa shape index (κ3) is 7.75. The molecule has 11 heteroatoms. The van der Waals surface area contributed by atoms with E-state index in [0.717, 1.165) is 21.6 Å². The van der Waals surface area contributed by atoms with Gasteiger partial charge in [0.05, 0.1) is 16.8 Å². The molecule has 0 saturated heterocycles. The summed E-state index contributed by atoms with van der Waals surface area (Å²) >= 11 is 1.55. The summed E-state index contributed by atoms with van der Waals surface area (Å²) in [5.74, 6) is -0.371. The zero-order chi connectivity index (χ0) is 27.8. The number of pyridine rings is 1. The summed E-state index contributed by atoms with van der Waals surface area (Å²) in [6.07, 6.45) is 4.53. The minimum absolute atomic E-state index is 0.0367. The van der Waals surface area contributed by atoms with Crippen LogP contribution in [0, 0.1) is 5.92 Å². The maximum Gasteiger partial charge on any atom is 0.405 e.